The fourth-order valence-corrected chi connectivity index (χ4v) is 3.59. The number of hydrogen-bond donors (Lipinski definition) is 1. The summed E-state index contributed by atoms with van der Waals surface area (Å²) in [5.41, 5.74) is 2.70. The molecule has 1 aliphatic rings. The molecule has 2 aromatic rings. The molecular weight excluding hydrogens is 407 g/mol. The predicted octanol–water partition coefficient (Wildman–Crippen LogP) is 4.26. The first-order valence-corrected chi connectivity index (χ1v) is 10.5. The van der Waals surface area contributed by atoms with Gasteiger partial charge in [-0.3, -0.25) is 4.90 Å². The van der Waals surface area contributed by atoms with Crippen molar-refractivity contribution in [2.24, 2.45) is 5.16 Å². The summed E-state index contributed by atoms with van der Waals surface area (Å²) in [6.07, 6.45) is -0.0882. The van der Waals surface area contributed by atoms with Crippen LogP contribution in [0.3, 0.4) is 0 Å². The summed E-state index contributed by atoms with van der Waals surface area (Å²) < 4.78 is 18.7. The van der Waals surface area contributed by atoms with Crippen LogP contribution in [0.15, 0.2) is 53.7 Å². The molecule has 0 aromatic heterocycles. The van der Waals surface area contributed by atoms with Gasteiger partial charge in [-0.05, 0) is 49.2 Å². The molecule has 0 spiro atoms. The molecule has 1 N–H and O–H groups in total. The number of oxime groups is 1. The van der Waals surface area contributed by atoms with Gasteiger partial charge < -0.3 is 14.7 Å². The zero-order chi connectivity index (χ0) is 21.5. The molecule has 0 aliphatic carbocycles. The molecule has 0 bridgehead atoms. The largest absolute Gasteiger partial charge is 0.390 e. The normalized spacial score (nSPS) is 17.3. The highest BCUT2D eigenvalue weighted by molar-refractivity contribution is 6.30. The molecule has 0 fully saturated rings. The minimum absolute atomic E-state index is 0.0610. The van der Waals surface area contributed by atoms with Crippen molar-refractivity contribution in [1.29, 1.82) is 0 Å². The molecule has 30 heavy (non-hydrogen) atoms. The van der Waals surface area contributed by atoms with Crippen molar-refractivity contribution in [2.45, 2.75) is 45.1 Å². The second kappa shape index (κ2) is 10.9. The van der Waals surface area contributed by atoms with Crippen LogP contribution in [0, 0.1) is 5.82 Å². The summed E-state index contributed by atoms with van der Waals surface area (Å²) in [4.78, 5) is 7.75. The number of halogens is 2. The van der Waals surface area contributed by atoms with Gasteiger partial charge in [0, 0.05) is 31.1 Å². The van der Waals surface area contributed by atoms with Crippen molar-refractivity contribution in [3.63, 3.8) is 0 Å². The van der Waals surface area contributed by atoms with Gasteiger partial charge in [0.05, 0.1) is 24.5 Å². The monoisotopic (exact) mass is 434 g/mol. The highest BCUT2D eigenvalue weighted by atomic mass is 35.5. The fourth-order valence-electron chi connectivity index (χ4n) is 3.38. The van der Waals surface area contributed by atoms with Gasteiger partial charge in [0.25, 0.3) is 0 Å². The first-order chi connectivity index (χ1) is 14.4. The molecule has 1 heterocycles. The van der Waals surface area contributed by atoms with Crippen LogP contribution in [0.4, 0.5) is 4.39 Å². The SMILES string of the molecule is CC(C)OC[C@@H](O)CN(Cc1cccc(Cl)c1)C[C@@H]1CC(c2ccc(F)cc2)=NO1. The molecule has 0 saturated heterocycles. The van der Waals surface area contributed by atoms with Crippen molar-refractivity contribution in [3.8, 4) is 0 Å². The Balaban J connectivity index is 1.62. The topological polar surface area (TPSA) is 54.3 Å². The fraction of sp³-hybridized carbons (Fsp3) is 0.435. The Hall–Kier alpha value is -1.99. The molecule has 2 atom stereocenters. The molecule has 0 amide bonds. The number of hydrogen-bond acceptors (Lipinski definition) is 5. The Morgan fingerprint density at radius 1 is 1.27 bits per heavy atom. The van der Waals surface area contributed by atoms with E-state index in [0.717, 1.165) is 16.8 Å². The molecule has 1 aliphatic heterocycles. The van der Waals surface area contributed by atoms with Crippen molar-refractivity contribution in [2.75, 3.05) is 19.7 Å². The third-order valence-electron chi connectivity index (χ3n) is 4.76. The summed E-state index contributed by atoms with van der Waals surface area (Å²) >= 11 is 6.13. The first kappa shape index (κ1) is 22.7. The summed E-state index contributed by atoms with van der Waals surface area (Å²) in [6, 6.07) is 13.9. The average molecular weight is 435 g/mol. The summed E-state index contributed by atoms with van der Waals surface area (Å²) in [6.45, 7) is 5.79. The van der Waals surface area contributed by atoms with Crippen molar-refractivity contribution >= 4 is 17.3 Å². The van der Waals surface area contributed by atoms with Gasteiger partial charge in [-0.15, -0.1) is 0 Å². The Morgan fingerprint density at radius 2 is 2.03 bits per heavy atom. The van der Waals surface area contributed by atoms with E-state index in [-0.39, 0.29) is 24.6 Å². The maximum Gasteiger partial charge on any atom is 0.145 e. The molecule has 0 unspecified atom stereocenters. The zero-order valence-electron chi connectivity index (χ0n) is 17.3. The predicted molar refractivity (Wildman–Crippen MR) is 116 cm³/mol. The van der Waals surface area contributed by atoms with E-state index in [1.807, 2.05) is 38.1 Å². The van der Waals surface area contributed by atoms with Crippen molar-refractivity contribution in [1.82, 2.24) is 4.90 Å². The Labute approximate surface area is 182 Å². The van der Waals surface area contributed by atoms with E-state index in [4.69, 9.17) is 21.2 Å². The maximum atomic E-state index is 13.2. The number of rotatable bonds is 10. The van der Waals surface area contributed by atoms with Crippen LogP contribution < -0.4 is 0 Å². The average Bonchev–Trinajstić information content (AvgIpc) is 3.15. The molecule has 5 nitrogen and oxygen atoms in total. The Morgan fingerprint density at radius 3 is 2.73 bits per heavy atom. The standard InChI is InChI=1S/C23H28ClFN2O3/c1-16(2)29-15-21(28)13-27(12-17-4-3-5-19(24)10-17)14-22-11-23(26-30-22)18-6-8-20(25)9-7-18/h3-10,16,21-22,28H,11-15H2,1-2H3/t21-,22-/m0/s1. The van der Waals surface area contributed by atoms with E-state index in [9.17, 15) is 9.50 Å². The number of ether oxygens (including phenoxy) is 1. The van der Waals surface area contributed by atoms with Gasteiger partial charge in [-0.25, -0.2) is 4.39 Å². The molecule has 3 rings (SSSR count). The third kappa shape index (κ3) is 7.06. The second-order valence-corrected chi connectivity index (χ2v) is 8.27. The van der Waals surface area contributed by atoms with E-state index < -0.39 is 6.10 Å². The van der Waals surface area contributed by atoms with Crippen LogP contribution in [0.5, 0.6) is 0 Å². The summed E-state index contributed by atoms with van der Waals surface area (Å²) in [5, 5.41) is 15.3. The lowest BCUT2D eigenvalue weighted by molar-refractivity contribution is -0.0194. The van der Waals surface area contributed by atoms with E-state index in [2.05, 4.69) is 10.1 Å². The van der Waals surface area contributed by atoms with E-state index >= 15 is 0 Å². The minimum atomic E-state index is -0.620. The minimum Gasteiger partial charge on any atom is -0.390 e. The molecule has 0 saturated carbocycles. The summed E-state index contributed by atoms with van der Waals surface area (Å²) in [7, 11) is 0. The number of aliphatic hydroxyl groups excluding tert-OH is 1. The van der Waals surface area contributed by atoms with Gasteiger partial charge >= 0.3 is 0 Å². The molecule has 7 heteroatoms. The van der Waals surface area contributed by atoms with Crippen LogP contribution in [-0.4, -0.2) is 53.7 Å². The summed E-state index contributed by atoms with van der Waals surface area (Å²) in [5.74, 6) is -0.278. The lowest BCUT2D eigenvalue weighted by Gasteiger charge is -2.27. The van der Waals surface area contributed by atoms with Gasteiger partial charge in [-0.1, -0.05) is 41.0 Å². The van der Waals surface area contributed by atoms with Crippen LogP contribution in [0.25, 0.3) is 0 Å². The smallest absolute Gasteiger partial charge is 0.145 e. The van der Waals surface area contributed by atoms with Crippen LogP contribution in [0.1, 0.15) is 31.4 Å². The second-order valence-electron chi connectivity index (χ2n) is 7.84. The third-order valence-corrected chi connectivity index (χ3v) is 4.99. The highest BCUT2D eigenvalue weighted by Crippen LogP contribution is 2.20. The van der Waals surface area contributed by atoms with E-state index in [1.165, 1.54) is 12.1 Å². The number of benzene rings is 2. The number of nitrogens with zero attached hydrogens (tertiary/aromatic N) is 2. The van der Waals surface area contributed by atoms with E-state index in [1.54, 1.807) is 12.1 Å². The van der Waals surface area contributed by atoms with Crippen LogP contribution in [-0.2, 0) is 16.1 Å². The lowest BCUT2D eigenvalue weighted by atomic mass is 10.0. The van der Waals surface area contributed by atoms with Gasteiger partial charge in [-0.2, -0.15) is 0 Å². The Kier molecular flexibility index (Phi) is 8.22. The zero-order valence-corrected chi connectivity index (χ0v) is 18.1. The van der Waals surface area contributed by atoms with Gasteiger partial charge in [0.1, 0.15) is 11.9 Å². The van der Waals surface area contributed by atoms with Crippen LogP contribution in [0.2, 0.25) is 5.02 Å². The quantitative estimate of drug-likeness (QED) is 0.607. The first-order valence-electron chi connectivity index (χ1n) is 10.1. The lowest BCUT2D eigenvalue weighted by Crippen LogP contribution is -2.39. The maximum absolute atomic E-state index is 13.2. The molecule has 2 aromatic carbocycles. The van der Waals surface area contributed by atoms with E-state index in [0.29, 0.717) is 31.1 Å². The van der Waals surface area contributed by atoms with Crippen molar-refractivity contribution in [3.05, 3.63) is 70.5 Å². The van der Waals surface area contributed by atoms with Crippen LogP contribution >= 0.6 is 11.6 Å². The highest BCUT2D eigenvalue weighted by Gasteiger charge is 2.26. The van der Waals surface area contributed by atoms with Gasteiger partial charge in [0.2, 0.25) is 0 Å². The molecule has 162 valence electrons. The van der Waals surface area contributed by atoms with Crippen molar-refractivity contribution < 1.29 is 19.1 Å². The van der Waals surface area contributed by atoms with Gasteiger partial charge in [0.15, 0.2) is 0 Å². The molecule has 0 radical (unpaired) electrons. The molecular formula is C23H28ClFN2O3. The number of aliphatic hydroxyl groups is 1. The Bertz CT molecular complexity index is 845.